The Kier molecular flexibility index (Phi) is 6.71. The van der Waals surface area contributed by atoms with E-state index in [0.29, 0.717) is 43.6 Å². The summed E-state index contributed by atoms with van der Waals surface area (Å²) in [5, 5.41) is 7.27. The summed E-state index contributed by atoms with van der Waals surface area (Å²) >= 11 is 1.73. The van der Waals surface area contributed by atoms with Crippen molar-refractivity contribution in [3.63, 3.8) is 0 Å². The zero-order valence-electron chi connectivity index (χ0n) is 17.8. The highest BCUT2D eigenvalue weighted by molar-refractivity contribution is 7.12. The summed E-state index contributed by atoms with van der Waals surface area (Å²) in [5.41, 5.74) is 2.87. The quantitative estimate of drug-likeness (QED) is 0.598. The van der Waals surface area contributed by atoms with E-state index in [-0.39, 0.29) is 18.6 Å². The number of hydrogen-bond acceptors (Lipinski definition) is 8. The molecule has 3 aromatic rings. The number of rotatable bonds is 7. The minimum atomic E-state index is -0.257. The number of thiophene rings is 1. The van der Waals surface area contributed by atoms with Crippen LogP contribution in [0.2, 0.25) is 0 Å². The summed E-state index contributed by atoms with van der Waals surface area (Å²) in [5.74, 6) is 0.129. The molecular weight excluding hydrogens is 418 g/mol. The highest BCUT2D eigenvalue weighted by Gasteiger charge is 2.22. The number of ether oxygens (including phenoxy) is 3. The maximum absolute atomic E-state index is 12.8. The van der Waals surface area contributed by atoms with Crippen LogP contribution in [0.5, 0.6) is 0 Å². The van der Waals surface area contributed by atoms with E-state index in [1.165, 1.54) is 16.0 Å². The summed E-state index contributed by atoms with van der Waals surface area (Å²) in [4.78, 5) is 24.3. The first-order valence-corrected chi connectivity index (χ1v) is 10.8. The van der Waals surface area contributed by atoms with Crippen LogP contribution in [0.25, 0.3) is 17.2 Å². The zero-order chi connectivity index (χ0) is 21.8. The van der Waals surface area contributed by atoms with Gasteiger partial charge in [0.1, 0.15) is 0 Å². The van der Waals surface area contributed by atoms with Gasteiger partial charge in [0.25, 0.3) is 11.9 Å². The van der Waals surface area contributed by atoms with Crippen molar-refractivity contribution in [2.24, 2.45) is 0 Å². The number of methoxy groups -OCH3 is 1. The van der Waals surface area contributed by atoms with Gasteiger partial charge in [0.15, 0.2) is 0 Å². The first kappa shape index (κ1) is 21.6. The van der Waals surface area contributed by atoms with E-state index in [1.807, 2.05) is 6.07 Å². The number of nitrogens with zero attached hydrogens (tertiary/aromatic N) is 4. The van der Waals surface area contributed by atoms with Crippen LogP contribution in [0.15, 0.2) is 24.5 Å². The number of amides is 1. The fraction of sp³-hybridized carbons (Fsp3) is 0.429. The molecule has 1 aliphatic heterocycles. The summed E-state index contributed by atoms with van der Waals surface area (Å²) in [6, 6.07) is 3.98. The average molecular weight is 444 g/mol. The summed E-state index contributed by atoms with van der Waals surface area (Å²) < 4.78 is 17.8. The standard InChI is InChI=1S/C21H25N5O4S/c1-13-8-16(14(2)31-13)18-4-5-22-21(25-18)26-19(12-28-3)17(10-24-26)20(27)23-9-15-11-29-6-7-30-15/h4-5,8,10,15H,6-7,9,11-12H2,1-3H3,(H,23,27)/t15-/m1/s1. The van der Waals surface area contributed by atoms with Crippen LogP contribution in [-0.2, 0) is 20.8 Å². The maximum atomic E-state index is 12.8. The minimum absolute atomic E-state index is 0.157. The summed E-state index contributed by atoms with van der Waals surface area (Å²) in [7, 11) is 1.57. The van der Waals surface area contributed by atoms with Crippen LogP contribution in [0.3, 0.4) is 0 Å². The van der Waals surface area contributed by atoms with Gasteiger partial charge in [-0.1, -0.05) is 0 Å². The van der Waals surface area contributed by atoms with Gasteiger partial charge in [-0.3, -0.25) is 4.79 Å². The number of carbonyl (C=O) groups is 1. The van der Waals surface area contributed by atoms with Crippen molar-refractivity contribution in [2.45, 2.75) is 26.6 Å². The molecule has 0 spiro atoms. The van der Waals surface area contributed by atoms with E-state index in [4.69, 9.17) is 19.2 Å². The Balaban J connectivity index is 1.59. The lowest BCUT2D eigenvalue weighted by Gasteiger charge is -2.23. The van der Waals surface area contributed by atoms with Crippen molar-refractivity contribution in [2.75, 3.05) is 33.5 Å². The van der Waals surface area contributed by atoms with Crippen molar-refractivity contribution in [1.82, 2.24) is 25.1 Å². The molecule has 1 amide bonds. The number of carbonyl (C=O) groups excluding carboxylic acids is 1. The molecule has 0 radical (unpaired) electrons. The van der Waals surface area contributed by atoms with Crippen LogP contribution < -0.4 is 5.32 Å². The van der Waals surface area contributed by atoms with Gasteiger partial charge in [0.2, 0.25) is 0 Å². The molecule has 1 atom stereocenters. The molecule has 0 aromatic carbocycles. The Bertz CT molecular complexity index is 1060. The highest BCUT2D eigenvalue weighted by Crippen LogP contribution is 2.29. The first-order chi connectivity index (χ1) is 15.1. The topological polar surface area (TPSA) is 100 Å². The molecule has 1 aliphatic rings. The van der Waals surface area contributed by atoms with Crippen LogP contribution >= 0.6 is 11.3 Å². The second-order valence-electron chi connectivity index (χ2n) is 7.20. The van der Waals surface area contributed by atoms with Gasteiger partial charge < -0.3 is 19.5 Å². The van der Waals surface area contributed by atoms with Crippen molar-refractivity contribution in [3.8, 4) is 17.2 Å². The SMILES string of the molecule is COCc1c(C(=O)NC[C@@H]2COCCO2)cnn1-c1nccc(-c2cc(C)sc2C)n1. The van der Waals surface area contributed by atoms with Crippen molar-refractivity contribution < 1.29 is 19.0 Å². The second-order valence-corrected chi connectivity index (χ2v) is 8.66. The van der Waals surface area contributed by atoms with E-state index in [1.54, 1.807) is 29.3 Å². The summed E-state index contributed by atoms with van der Waals surface area (Å²) in [6.07, 6.45) is 3.05. The number of hydrogen-bond donors (Lipinski definition) is 1. The third-order valence-electron chi connectivity index (χ3n) is 4.92. The number of nitrogens with one attached hydrogen (secondary N) is 1. The van der Waals surface area contributed by atoms with E-state index >= 15 is 0 Å². The molecule has 0 saturated carbocycles. The van der Waals surface area contributed by atoms with Crippen LogP contribution in [0, 0.1) is 13.8 Å². The number of aromatic nitrogens is 4. The van der Waals surface area contributed by atoms with Gasteiger partial charge in [-0.2, -0.15) is 9.78 Å². The second kappa shape index (κ2) is 9.65. The van der Waals surface area contributed by atoms with Crippen molar-refractivity contribution >= 4 is 17.2 Å². The Morgan fingerprint density at radius 3 is 2.97 bits per heavy atom. The molecule has 164 valence electrons. The maximum Gasteiger partial charge on any atom is 0.254 e. The Morgan fingerprint density at radius 2 is 2.26 bits per heavy atom. The third-order valence-corrected chi connectivity index (χ3v) is 5.88. The molecule has 1 saturated heterocycles. The Labute approximate surface area is 184 Å². The van der Waals surface area contributed by atoms with Crippen molar-refractivity contribution in [3.05, 3.63) is 45.5 Å². The lowest BCUT2D eigenvalue weighted by atomic mass is 10.2. The minimum Gasteiger partial charge on any atom is -0.378 e. The monoisotopic (exact) mass is 443 g/mol. The first-order valence-electron chi connectivity index (χ1n) is 10.0. The van der Waals surface area contributed by atoms with Gasteiger partial charge in [-0.05, 0) is 26.0 Å². The predicted molar refractivity (Wildman–Crippen MR) is 116 cm³/mol. The molecule has 9 nitrogen and oxygen atoms in total. The van der Waals surface area contributed by atoms with Crippen LogP contribution in [-0.4, -0.2) is 65.2 Å². The van der Waals surface area contributed by atoms with Crippen molar-refractivity contribution in [1.29, 1.82) is 0 Å². The molecule has 1 fully saturated rings. The van der Waals surface area contributed by atoms with Gasteiger partial charge in [0.05, 0.1) is 55.7 Å². The molecule has 3 aromatic heterocycles. The van der Waals surface area contributed by atoms with E-state index in [0.717, 1.165) is 11.3 Å². The van der Waals surface area contributed by atoms with E-state index < -0.39 is 0 Å². The third kappa shape index (κ3) is 4.82. The fourth-order valence-corrected chi connectivity index (χ4v) is 4.39. The molecular formula is C21H25N5O4S. The van der Waals surface area contributed by atoms with Gasteiger partial charge >= 0.3 is 0 Å². The smallest absolute Gasteiger partial charge is 0.254 e. The molecule has 4 heterocycles. The highest BCUT2D eigenvalue weighted by atomic mass is 32.1. The zero-order valence-corrected chi connectivity index (χ0v) is 18.6. The van der Waals surface area contributed by atoms with Gasteiger partial charge in [-0.15, -0.1) is 11.3 Å². The Hall–Kier alpha value is -2.66. The van der Waals surface area contributed by atoms with Gasteiger partial charge in [-0.25, -0.2) is 9.97 Å². The predicted octanol–water partition coefficient (Wildman–Crippen LogP) is 2.30. The van der Waals surface area contributed by atoms with E-state index in [9.17, 15) is 4.79 Å². The molecule has 0 bridgehead atoms. The summed E-state index contributed by atoms with van der Waals surface area (Å²) in [6.45, 7) is 6.27. The molecule has 0 unspecified atom stereocenters. The number of aryl methyl sites for hydroxylation is 2. The normalized spacial score (nSPS) is 16.4. The molecule has 1 N–H and O–H groups in total. The molecule has 0 aliphatic carbocycles. The largest absolute Gasteiger partial charge is 0.378 e. The molecule has 4 rings (SSSR count). The van der Waals surface area contributed by atoms with E-state index in [2.05, 4.69) is 35.3 Å². The fourth-order valence-electron chi connectivity index (χ4n) is 3.45. The molecule has 31 heavy (non-hydrogen) atoms. The average Bonchev–Trinajstić information content (AvgIpc) is 3.35. The van der Waals surface area contributed by atoms with Gasteiger partial charge in [0, 0.05) is 35.2 Å². The van der Waals surface area contributed by atoms with Crippen LogP contribution in [0.4, 0.5) is 0 Å². The molecule has 10 heteroatoms. The Morgan fingerprint density at radius 1 is 1.39 bits per heavy atom. The lowest BCUT2D eigenvalue weighted by Crippen LogP contribution is -2.39. The lowest BCUT2D eigenvalue weighted by molar-refractivity contribution is -0.0855. The van der Waals surface area contributed by atoms with Crippen LogP contribution in [0.1, 0.15) is 25.8 Å².